The van der Waals surface area contributed by atoms with Crippen molar-refractivity contribution in [1.82, 2.24) is 0 Å². The van der Waals surface area contributed by atoms with Crippen LogP contribution in [0.4, 0.5) is 26.3 Å². The second-order valence-electron chi connectivity index (χ2n) is 7.34. The second kappa shape index (κ2) is 6.83. The first-order chi connectivity index (χ1) is 13.3. The van der Waals surface area contributed by atoms with Gasteiger partial charge in [-0.25, -0.2) is 17.6 Å². The van der Waals surface area contributed by atoms with E-state index < -0.39 is 29.3 Å². The normalized spacial score (nSPS) is 17.8. The van der Waals surface area contributed by atoms with Crippen molar-refractivity contribution in [3.05, 3.63) is 75.9 Å². The summed E-state index contributed by atoms with van der Waals surface area (Å²) in [6.45, 7) is 1.42. The van der Waals surface area contributed by atoms with Crippen LogP contribution in [0.1, 0.15) is 41.5 Å². The average molecular weight is 394 g/mol. The number of halogens is 6. The minimum atomic E-state index is -1.75. The molecule has 0 heterocycles. The van der Waals surface area contributed by atoms with Gasteiger partial charge in [-0.1, -0.05) is 12.1 Å². The first-order valence-corrected chi connectivity index (χ1v) is 8.98. The molecule has 2 aliphatic rings. The smallest absolute Gasteiger partial charge is 0.203 e. The summed E-state index contributed by atoms with van der Waals surface area (Å²) in [4.78, 5) is 0. The third-order valence-corrected chi connectivity index (χ3v) is 5.55. The fourth-order valence-corrected chi connectivity index (χ4v) is 4.19. The summed E-state index contributed by atoms with van der Waals surface area (Å²) in [5, 5.41) is 0. The molecule has 0 aliphatic heterocycles. The van der Waals surface area contributed by atoms with E-state index in [0.717, 1.165) is 6.08 Å². The monoisotopic (exact) mass is 394 g/mol. The predicted molar refractivity (Wildman–Crippen MR) is 94.9 cm³/mol. The highest BCUT2D eigenvalue weighted by Gasteiger charge is 2.32. The molecule has 2 aromatic carbocycles. The number of allylic oxidation sites excluding steroid dienone is 3. The Hall–Kier alpha value is -2.50. The van der Waals surface area contributed by atoms with Crippen molar-refractivity contribution in [3.63, 3.8) is 0 Å². The molecule has 0 nitrogen and oxygen atoms in total. The van der Waals surface area contributed by atoms with Crippen molar-refractivity contribution >= 4 is 5.57 Å². The van der Waals surface area contributed by atoms with Crippen LogP contribution >= 0.6 is 0 Å². The highest BCUT2D eigenvalue weighted by Crippen LogP contribution is 2.45. The van der Waals surface area contributed by atoms with Crippen LogP contribution in [0, 0.1) is 36.1 Å². The van der Waals surface area contributed by atoms with E-state index in [9.17, 15) is 26.3 Å². The van der Waals surface area contributed by atoms with Gasteiger partial charge in [-0.3, -0.25) is 0 Å². The molecular formula is C22H16F6. The molecule has 1 atom stereocenters. The fraction of sp³-hybridized carbons (Fsp3) is 0.273. The maximum absolute atomic E-state index is 14.9. The van der Waals surface area contributed by atoms with E-state index in [1.807, 2.05) is 0 Å². The van der Waals surface area contributed by atoms with Crippen molar-refractivity contribution in [3.8, 4) is 11.1 Å². The molecule has 0 bridgehead atoms. The number of hydrogen-bond acceptors (Lipinski definition) is 0. The van der Waals surface area contributed by atoms with Crippen molar-refractivity contribution < 1.29 is 26.3 Å². The zero-order valence-corrected chi connectivity index (χ0v) is 15.0. The predicted octanol–water partition coefficient (Wildman–Crippen LogP) is 7.09. The van der Waals surface area contributed by atoms with Gasteiger partial charge < -0.3 is 0 Å². The van der Waals surface area contributed by atoms with Gasteiger partial charge in [0.2, 0.25) is 0 Å². The Morgan fingerprint density at radius 1 is 0.929 bits per heavy atom. The summed E-state index contributed by atoms with van der Waals surface area (Å²) in [6, 6.07) is 2.92. The molecule has 28 heavy (non-hydrogen) atoms. The van der Waals surface area contributed by atoms with Crippen LogP contribution in [-0.2, 0) is 6.42 Å². The van der Waals surface area contributed by atoms with Crippen molar-refractivity contribution in [2.24, 2.45) is 5.92 Å². The van der Waals surface area contributed by atoms with E-state index in [-0.39, 0.29) is 34.6 Å². The summed E-state index contributed by atoms with van der Waals surface area (Å²) in [7, 11) is 0. The Balaban J connectivity index is 1.78. The number of rotatable bonds is 2. The average Bonchev–Trinajstić information content (AvgIpc) is 3.01. The van der Waals surface area contributed by atoms with E-state index in [1.165, 1.54) is 19.1 Å². The Kier molecular flexibility index (Phi) is 4.60. The molecule has 1 unspecified atom stereocenters. The summed E-state index contributed by atoms with van der Waals surface area (Å²) in [6.07, 6.45) is 1.99. The first-order valence-electron chi connectivity index (χ1n) is 8.98. The first kappa shape index (κ1) is 18.8. The molecule has 6 heteroatoms. The molecule has 146 valence electrons. The van der Waals surface area contributed by atoms with Gasteiger partial charge in [-0.15, -0.1) is 0 Å². The number of aryl methyl sites for hydroxylation is 1. The molecule has 2 aromatic rings. The van der Waals surface area contributed by atoms with Gasteiger partial charge >= 0.3 is 0 Å². The van der Waals surface area contributed by atoms with Gasteiger partial charge in [0.15, 0.2) is 23.3 Å². The number of hydrogen-bond donors (Lipinski definition) is 0. The zero-order valence-electron chi connectivity index (χ0n) is 15.0. The molecule has 0 amide bonds. The summed E-state index contributed by atoms with van der Waals surface area (Å²) in [5.41, 5.74) is 1.08. The summed E-state index contributed by atoms with van der Waals surface area (Å²) in [5.74, 6) is -4.89. The van der Waals surface area contributed by atoms with E-state index in [1.54, 1.807) is 6.08 Å². The van der Waals surface area contributed by atoms with Crippen LogP contribution in [0.2, 0.25) is 0 Å². The van der Waals surface area contributed by atoms with Crippen molar-refractivity contribution in [1.29, 1.82) is 0 Å². The van der Waals surface area contributed by atoms with Crippen molar-refractivity contribution in [2.45, 2.75) is 32.6 Å². The Morgan fingerprint density at radius 2 is 1.57 bits per heavy atom. The summed E-state index contributed by atoms with van der Waals surface area (Å²) >= 11 is 0. The molecule has 0 saturated heterocycles. The minimum Gasteiger partial charge on any atom is -0.203 e. The lowest BCUT2D eigenvalue weighted by Crippen LogP contribution is -2.06. The number of benzene rings is 2. The Morgan fingerprint density at radius 3 is 2.18 bits per heavy atom. The quantitative estimate of drug-likeness (QED) is 0.407. The van der Waals surface area contributed by atoms with E-state index in [2.05, 4.69) is 0 Å². The molecule has 0 N–H and O–H groups in total. The third kappa shape index (κ3) is 2.95. The van der Waals surface area contributed by atoms with E-state index in [0.29, 0.717) is 36.0 Å². The lowest BCUT2D eigenvalue weighted by Gasteiger charge is -2.20. The second-order valence-corrected chi connectivity index (χ2v) is 7.34. The highest BCUT2D eigenvalue weighted by molar-refractivity contribution is 5.81. The summed E-state index contributed by atoms with van der Waals surface area (Å²) < 4.78 is 82.8. The van der Waals surface area contributed by atoms with Gasteiger partial charge in [0.25, 0.3) is 6.08 Å². The van der Waals surface area contributed by atoms with Crippen LogP contribution in [0.15, 0.2) is 30.4 Å². The number of fused-ring (bicyclic) bond motifs is 3. The lowest BCUT2D eigenvalue weighted by molar-refractivity contribution is 0.404. The minimum absolute atomic E-state index is 0.0600. The molecule has 0 fully saturated rings. The van der Waals surface area contributed by atoms with Crippen LogP contribution in [0.5, 0.6) is 0 Å². The standard InChI is InChI=1S/C22H16F6/c1-10-6-13-8-14-9-15(12-4-2-11(3-5-12)7-16(23)24)20(26)22(28)18(14)17(13)21(27)19(10)25/h4,6-7,9,11H,2-3,5,8H2,1H3. The van der Waals surface area contributed by atoms with Crippen LogP contribution in [0.25, 0.3) is 16.7 Å². The molecule has 0 aromatic heterocycles. The Labute approximate surface area is 158 Å². The fourth-order valence-electron chi connectivity index (χ4n) is 4.19. The molecule has 2 aliphatic carbocycles. The maximum Gasteiger partial charge on any atom is 0.266 e. The van der Waals surface area contributed by atoms with Crippen LogP contribution in [-0.4, -0.2) is 0 Å². The molecule has 4 rings (SSSR count). The van der Waals surface area contributed by atoms with Crippen molar-refractivity contribution in [2.75, 3.05) is 0 Å². The Bertz CT molecular complexity index is 1040. The van der Waals surface area contributed by atoms with Gasteiger partial charge in [0, 0.05) is 16.7 Å². The SMILES string of the molecule is Cc1cc2c(c(F)c1F)-c1c(cc(C3=CCC(C=C(F)F)CC3)c(F)c1F)C2. The zero-order chi connectivity index (χ0) is 20.2. The maximum atomic E-state index is 14.9. The van der Waals surface area contributed by atoms with Crippen LogP contribution < -0.4 is 0 Å². The van der Waals surface area contributed by atoms with Gasteiger partial charge in [0.1, 0.15) is 0 Å². The highest BCUT2D eigenvalue weighted by atomic mass is 19.3. The molecule has 0 spiro atoms. The van der Waals surface area contributed by atoms with Crippen LogP contribution in [0.3, 0.4) is 0 Å². The third-order valence-electron chi connectivity index (χ3n) is 5.55. The largest absolute Gasteiger partial charge is 0.266 e. The van der Waals surface area contributed by atoms with E-state index >= 15 is 0 Å². The molecule has 0 radical (unpaired) electrons. The lowest BCUT2D eigenvalue weighted by atomic mass is 9.85. The van der Waals surface area contributed by atoms with Gasteiger partial charge in [-0.05, 0) is 72.9 Å². The molecular weight excluding hydrogens is 378 g/mol. The van der Waals surface area contributed by atoms with Gasteiger partial charge in [0.05, 0.1) is 0 Å². The van der Waals surface area contributed by atoms with Gasteiger partial charge in [-0.2, -0.15) is 8.78 Å². The topological polar surface area (TPSA) is 0 Å². The molecule has 0 saturated carbocycles. The van der Waals surface area contributed by atoms with E-state index in [4.69, 9.17) is 0 Å².